The van der Waals surface area contributed by atoms with Crippen LogP contribution in [0.4, 0.5) is 5.82 Å². The van der Waals surface area contributed by atoms with Crippen molar-refractivity contribution in [2.24, 2.45) is 0 Å². The van der Waals surface area contributed by atoms with E-state index in [1.54, 1.807) is 11.7 Å². The standard InChI is InChI=1S/C18H21N5O3/c1-25-18-20-14-15(19-11-12-7-3-2-4-8-12)21-17(24)22-16(14)23(18)13-9-5-6-10-26-13/h2-4,7-8,13H,5-6,9-11H2,1H3,(H2,19,21,22,24). The van der Waals surface area contributed by atoms with E-state index < -0.39 is 5.69 Å². The number of aromatic amines is 1. The summed E-state index contributed by atoms with van der Waals surface area (Å²) in [6.07, 6.45) is 2.70. The van der Waals surface area contributed by atoms with Gasteiger partial charge in [-0.05, 0) is 24.8 Å². The van der Waals surface area contributed by atoms with Gasteiger partial charge < -0.3 is 14.8 Å². The van der Waals surface area contributed by atoms with Gasteiger partial charge in [-0.25, -0.2) is 4.79 Å². The van der Waals surface area contributed by atoms with Crippen molar-refractivity contribution in [1.29, 1.82) is 0 Å². The Kier molecular flexibility index (Phi) is 4.57. The molecule has 0 spiro atoms. The van der Waals surface area contributed by atoms with Crippen LogP contribution in [0.2, 0.25) is 0 Å². The number of H-pyrrole nitrogens is 1. The summed E-state index contributed by atoms with van der Waals surface area (Å²) in [6.45, 7) is 1.24. The summed E-state index contributed by atoms with van der Waals surface area (Å²) in [5, 5.41) is 3.24. The third-order valence-electron chi connectivity index (χ3n) is 4.47. The van der Waals surface area contributed by atoms with Crippen LogP contribution in [0.3, 0.4) is 0 Å². The van der Waals surface area contributed by atoms with Gasteiger partial charge in [-0.2, -0.15) is 9.97 Å². The Balaban J connectivity index is 1.74. The van der Waals surface area contributed by atoms with E-state index in [-0.39, 0.29) is 6.23 Å². The molecule has 1 unspecified atom stereocenters. The number of nitrogens with zero attached hydrogens (tertiary/aromatic N) is 3. The molecule has 1 aliphatic rings. The molecule has 1 fully saturated rings. The predicted octanol–water partition coefficient (Wildman–Crippen LogP) is 2.44. The topological polar surface area (TPSA) is 94.1 Å². The lowest BCUT2D eigenvalue weighted by atomic mass is 10.2. The van der Waals surface area contributed by atoms with E-state index in [0.29, 0.717) is 36.1 Å². The molecule has 8 heteroatoms. The number of hydrogen-bond acceptors (Lipinski definition) is 6. The van der Waals surface area contributed by atoms with Gasteiger partial charge in [0.05, 0.1) is 7.11 Å². The number of imidazole rings is 1. The summed E-state index contributed by atoms with van der Waals surface area (Å²) < 4.78 is 13.1. The summed E-state index contributed by atoms with van der Waals surface area (Å²) >= 11 is 0. The maximum Gasteiger partial charge on any atom is 0.348 e. The van der Waals surface area contributed by atoms with Crippen LogP contribution in [0.25, 0.3) is 11.2 Å². The lowest BCUT2D eigenvalue weighted by molar-refractivity contribution is -0.0334. The minimum atomic E-state index is -0.437. The summed E-state index contributed by atoms with van der Waals surface area (Å²) in [5.41, 5.74) is 1.69. The molecule has 26 heavy (non-hydrogen) atoms. The molecule has 0 aliphatic carbocycles. The largest absolute Gasteiger partial charge is 0.468 e. The van der Waals surface area contributed by atoms with Crippen molar-refractivity contribution in [3.8, 4) is 6.01 Å². The van der Waals surface area contributed by atoms with E-state index in [1.807, 2.05) is 30.3 Å². The number of nitrogens with one attached hydrogen (secondary N) is 2. The van der Waals surface area contributed by atoms with E-state index in [9.17, 15) is 4.79 Å². The van der Waals surface area contributed by atoms with Crippen molar-refractivity contribution < 1.29 is 9.47 Å². The fourth-order valence-corrected chi connectivity index (χ4v) is 3.21. The van der Waals surface area contributed by atoms with Crippen molar-refractivity contribution in [3.05, 3.63) is 46.4 Å². The zero-order chi connectivity index (χ0) is 17.9. The van der Waals surface area contributed by atoms with Gasteiger partial charge in [0, 0.05) is 13.2 Å². The lowest BCUT2D eigenvalue weighted by Crippen LogP contribution is -2.21. The van der Waals surface area contributed by atoms with Crippen LogP contribution >= 0.6 is 0 Å². The Morgan fingerprint density at radius 3 is 2.88 bits per heavy atom. The van der Waals surface area contributed by atoms with E-state index >= 15 is 0 Å². The molecule has 2 aromatic heterocycles. The number of anilines is 1. The molecule has 1 aliphatic heterocycles. The van der Waals surface area contributed by atoms with E-state index in [2.05, 4.69) is 20.3 Å². The van der Waals surface area contributed by atoms with Gasteiger partial charge in [0.15, 0.2) is 11.2 Å². The first-order chi connectivity index (χ1) is 12.8. The molecule has 8 nitrogen and oxygen atoms in total. The Morgan fingerprint density at radius 1 is 1.31 bits per heavy atom. The second kappa shape index (κ2) is 7.17. The molecule has 136 valence electrons. The maximum atomic E-state index is 12.1. The van der Waals surface area contributed by atoms with Crippen LogP contribution in [0.15, 0.2) is 35.1 Å². The van der Waals surface area contributed by atoms with Crippen LogP contribution in [-0.4, -0.2) is 33.2 Å². The molecule has 0 bridgehead atoms. The average molecular weight is 355 g/mol. The predicted molar refractivity (Wildman–Crippen MR) is 97.3 cm³/mol. The van der Waals surface area contributed by atoms with Crippen LogP contribution < -0.4 is 15.7 Å². The highest BCUT2D eigenvalue weighted by atomic mass is 16.5. The molecule has 1 saturated heterocycles. The third kappa shape index (κ3) is 3.15. The first kappa shape index (κ1) is 16.6. The Hall–Kier alpha value is -2.87. The second-order valence-electron chi connectivity index (χ2n) is 6.22. The molecule has 3 heterocycles. The maximum absolute atomic E-state index is 12.1. The number of benzene rings is 1. The first-order valence-electron chi connectivity index (χ1n) is 8.72. The molecule has 0 saturated carbocycles. The number of hydrogen-bond donors (Lipinski definition) is 2. The molecular formula is C18H21N5O3. The zero-order valence-electron chi connectivity index (χ0n) is 14.6. The van der Waals surface area contributed by atoms with Gasteiger partial charge in [-0.1, -0.05) is 30.3 Å². The van der Waals surface area contributed by atoms with Gasteiger partial charge in [0.25, 0.3) is 0 Å². The minimum Gasteiger partial charge on any atom is -0.468 e. The van der Waals surface area contributed by atoms with Gasteiger partial charge in [0.1, 0.15) is 12.0 Å². The van der Waals surface area contributed by atoms with Crippen LogP contribution in [0.1, 0.15) is 31.1 Å². The number of ether oxygens (including phenoxy) is 2. The highest BCUT2D eigenvalue weighted by Crippen LogP contribution is 2.32. The highest BCUT2D eigenvalue weighted by Gasteiger charge is 2.25. The van der Waals surface area contributed by atoms with E-state index in [1.165, 1.54) is 0 Å². The smallest absolute Gasteiger partial charge is 0.348 e. The molecule has 1 aromatic carbocycles. The second-order valence-corrected chi connectivity index (χ2v) is 6.22. The van der Waals surface area contributed by atoms with Crippen molar-refractivity contribution in [3.63, 3.8) is 0 Å². The summed E-state index contributed by atoms with van der Waals surface area (Å²) in [7, 11) is 1.55. The minimum absolute atomic E-state index is 0.222. The summed E-state index contributed by atoms with van der Waals surface area (Å²) in [6, 6.07) is 10.3. The molecule has 2 N–H and O–H groups in total. The molecular weight excluding hydrogens is 334 g/mol. The Labute approximate surface area is 150 Å². The van der Waals surface area contributed by atoms with Gasteiger partial charge in [-0.3, -0.25) is 9.55 Å². The number of fused-ring (bicyclic) bond motifs is 1. The number of aromatic nitrogens is 4. The SMILES string of the molecule is COc1nc2c(NCc3ccccc3)[nH]c(=O)nc2n1C1CCCCO1. The fourth-order valence-electron chi connectivity index (χ4n) is 3.21. The molecule has 1 atom stereocenters. The zero-order valence-corrected chi connectivity index (χ0v) is 14.6. The average Bonchev–Trinajstić information content (AvgIpc) is 3.06. The number of rotatable bonds is 5. The molecule has 4 rings (SSSR count). The van der Waals surface area contributed by atoms with Crippen molar-refractivity contribution in [2.75, 3.05) is 19.0 Å². The summed E-state index contributed by atoms with van der Waals surface area (Å²) in [5.74, 6) is 0.525. The monoisotopic (exact) mass is 355 g/mol. The van der Waals surface area contributed by atoms with Gasteiger partial charge in [-0.15, -0.1) is 0 Å². The lowest BCUT2D eigenvalue weighted by Gasteiger charge is -2.24. The fraction of sp³-hybridized carbons (Fsp3) is 0.389. The van der Waals surface area contributed by atoms with Crippen LogP contribution in [0.5, 0.6) is 6.01 Å². The summed E-state index contributed by atoms with van der Waals surface area (Å²) in [4.78, 5) is 23.5. The normalized spacial score (nSPS) is 17.3. The van der Waals surface area contributed by atoms with Crippen molar-refractivity contribution in [2.45, 2.75) is 32.0 Å². The quantitative estimate of drug-likeness (QED) is 0.730. The molecule has 0 amide bonds. The molecule has 3 aromatic rings. The van der Waals surface area contributed by atoms with E-state index in [4.69, 9.17) is 9.47 Å². The Bertz CT molecular complexity index is 945. The van der Waals surface area contributed by atoms with Gasteiger partial charge in [0.2, 0.25) is 0 Å². The van der Waals surface area contributed by atoms with Gasteiger partial charge >= 0.3 is 11.7 Å². The third-order valence-corrected chi connectivity index (χ3v) is 4.47. The highest BCUT2D eigenvalue weighted by molar-refractivity contribution is 5.83. The van der Waals surface area contributed by atoms with Crippen LogP contribution in [-0.2, 0) is 11.3 Å². The Morgan fingerprint density at radius 2 is 2.15 bits per heavy atom. The van der Waals surface area contributed by atoms with E-state index in [0.717, 1.165) is 24.8 Å². The first-order valence-corrected chi connectivity index (χ1v) is 8.72. The van der Waals surface area contributed by atoms with Crippen molar-refractivity contribution >= 4 is 17.0 Å². The van der Waals surface area contributed by atoms with Crippen LogP contribution in [0, 0.1) is 0 Å². The molecule has 0 radical (unpaired) electrons. The number of methoxy groups -OCH3 is 1. The van der Waals surface area contributed by atoms with Crippen molar-refractivity contribution in [1.82, 2.24) is 19.5 Å².